The van der Waals surface area contributed by atoms with Gasteiger partial charge in [0.25, 0.3) is 0 Å². The highest BCUT2D eigenvalue weighted by molar-refractivity contribution is 9.10. The molecule has 0 aliphatic heterocycles. The second-order valence-electron chi connectivity index (χ2n) is 5.12. The molecule has 0 aliphatic carbocycles. The topological polar surface area (TPSA) is 35.6 Å². The molecule has 3 rings (SSSR count). The smallest absolute Gasteiger partial charge is 0.163 e. The van der Waals surface area contributed by atoms with Crippen LogP contribution in [0.4, 0.5) is 0 Å². The van der Waals surface area contributed by atoms with Crippen LogP contribution in [-0.2, 0) is 13.5 Å². The molecule has 1 aromatic carbocycles. The van der Waals surface area contributed by atoms with Crippen LogP contribution in [0, 0.1) is 13.8 Å². The largest absolute Gasteiger partial charge is 0.281 e. The number of alkyl halides is 1. The van der Waals surface area contributed by atoms with Crippen LogP contribution in [0.2, 0.25) is 0 Å². The highest BCUT2D eigenvalue weighted by atomic mass is 79.9. The van der Waals surface area contributed by atoms with Crippen molar-refractivity contribution in [2.75, 3.05) is 5.88 Å². The number of aryl methyl sites for hydroxylation is 4. The van der Waals surface area contributed by atoms with E-state index >= 15 is 0 Å². The fraction of sp³-hybridized carbons (Fsp3) is 0.333. The molecular weight excluding hydrogens is 352 g/mol. The molecule has 0 amide bonds. The van der Waals surface area contributed by atoms with Gasteiger partial charge in [-0.05, 0) is 37.6 Å². The molecule has 4 nitrogen and oxygen atoms in total. The molecule has 2 aromatic heterocycles. The Morgan fingerprint density at radius 3 is 2.71 bits per heavy atom. The monoisotopic (exact) mass is 366 g/mol. The summed E-state index contributed by atoms with van der Waals surface area (Å²) in [6.07, 6.45) is 0.727. The Morgan fingerprint density at radius 1 is 1.29 bits per heavy atom. The molecule has 2 heterocycles. The summed E-state index contributed by atoms with van der Waals surface area (Å²) in [4.78, 5) is 4.73. The normalized spacial score (nSPS) is 11.5. The Balaban J connectivity index is 2.32. The quantitative estimate of drug-likeness (QED) is 0.658. The molecule has 0 unspecified atom stereocenters. The Bertz CT molecular complexity index is 819. The first-order valence-electron chi connectivity index (χ1n) is 6.76. The Labute approximate surface area is 136 Å². The molecular formula is C15H16BrClN4. The standard InChI is InChI=1S/C15H16BrClN4/c1-9-8-11(4-5-12(9)16)21-13(6-7-17)18-14-10(2)19-20(3)15(14)21/h4-5,8H,6-7H2,1-3H3. The second kappa shape index (κ2) is 5.46. The molecule has 3 aromatic rings. The minimum Gasteiger partial charge on any atom is -0.281 e. The Hall–Kier alpha value is -1.33. The van der Waals surface area contributed by atoms with Gasteiger partial charge in [0.15, 0.2) is 5.65 Å². The molecule has 0 atom stereocenters. The van der Waals surface area contributed by atoms with E-state index in [2.05, 4.69) is 50.7 Å². The van der Waals surface area contributed by atoms with Gasteiger partial charge in [-0.15, -0.1) is 11.6 Å². The fourth-order valence-corrected chi connectivity index (χ4v) is 3.02. The predicted octanol–water partition coefficient (Wildman–Crippen LogP) is 3.92. The number of halogens is 2. The number of hydrogen-bond donors (Lipinski definition) is 0. The maximum Gasteiger partial charge on any atom is 0.163 e. The Morgan fingerprint density at radius 2 is 2.05 bits per heavy atom. The van der Waals surface area contributed by atoms with E-state index in [1.165, 1.54) is 5.56 Å². The molecule has 0 saturated heterocycles. The molecule has 0 saturated carbocycles. The van der Waals surface area contributed by atoms with Gasteiger partial charge in [-0.1, -0.05) is 15.9 Å². The van der Waals surface area contributed by atoms with Gasteiger partial charge in [-0.25, -0.2) is 9.67 Å². The van der Waals surface area contributed by atoms with E-state index in [0.29, 0.717) is 5.88 Å². The van der Waals surface area contributed by atoms with E-state index in [4.69, 9.17) is 16.6 Å². The van der Waals surface area contributed by atoms with Crippen molar-refractivity contribution in [1.29, 1.82) is 0 Å². The van der Waals surface area contributed by atoms with Crippen molar-refractivity contribution >= 4 is 38.7 Å². The van der Waals surface area contributed by atoms with Crippen molar-refractivity contribution in [3.05, 3.63) is 39.8 Å². The zero-order chi connectivity index (χ0) is 15.1. The average molecular weight is 368 g/mol. The van der Waals surface area contributed by atoms with Crippen molar-refractivity contribution in [1.82, 2.24) is 19.3 Å². The molecule has 6 heteroatoms. The van der Waals surface area contributed by atoms with Crippen LogP contribution in [0.15, 0.2) is 22.7 Å². The molecule has 0 bridgehead atoms. The van der Waals surface area contributed by atoms with Gasteiger partial charge >= 0.3 is 0 Å². The van der Waals surface area contributed by atoms with Crippen LogP contribution >= 0.6 is 27.5 Å². The lowest BCUT2D eigenvalue weighted by Gasteiger charge is -2.10. The number of fused-ring (bicyclic) bond motifs is 1. The summed E-state index contributed by atoms with van der Waals surface area (Å²) in [5, 5.41) is 4.47. The minimum absolute atomic E-state index is 0.547. The van der Waals surface area contributed by atoms with E-state index in [0.717, 1.165) is 39.3 Å². The molecule has 0 aliphatic rings. The van der Waals surface area contributed by atoms with Gasteiger partial charge in [0, 0.05) is 29.5 Å². The van der Waals surface area contributed by atoms with Crippen LogP contribution < -0.4 is 0 Å². The van der Waals surface area contributed by atoms with E-state index in [-0.39, 0.29) is 0 Å². The number of benzene rings is 1. The molecule has 21 heavy (non-hydrogen) atoms. The maximum atomic E-state index is 5.94. The van der Waals surface area contributed by atoms with Gasteiger partial charge < -0.3 is 0 Å². The second-order valence-corrected chi connectivity index (χ2v) is 6.35. The number of imidazole rings is 1. The van der Waals surface area contributed by atoms with Gasteiger partial charge in [0.05, 0.1) is 5.69 Å². The van der Waals surface area contributed by atoms with Crippen LogP contribution in [0.1, 0.15) is 17.1 Å². The van der Waals surface area contributed by atoms with Crippen LogP contribution in [0.25, 0.3) is 16.9 Å². The third-order valence-electron chi connectivity index (χ3n) is 3.59. The molecule has 0 spiro atoms. The highest BCUT2D eigenvalue weighted by Gasteiger charge is 2.18. The van der Waals surface area contributed by atoms with E-state index in [9.17, 15) is 0 Å². The Kier molecular flexibility index (Phi) is 3.80. The summed E-state index contributed by atoms with van der Waals surface area (Å²) in [5.41, 5.74) is 5.16. The fourth-order valence-electron chi connectivity index (χ4n) is 2.61. The van der Waals surface area contributed by atoms with Gasteiger partial charge in [-0.3, -0.25) is 4.57 Å². The van der Waals surface area contributed by atoms with Crippen LogP contribution in [0.3, 0.4) is 0 Å². The third kappa shape index (κ3) is 2.38. The van der Waals surface area contributed by atoms with Crippen molar-refractivity contribution < 1.29 is 0 Å². The molecule has 0 radical (unpaired) electrons. The average Bonchev–Trinajstić information content (AvgIpc) is 2.93. The number of nitrogens with zero attached hydrogens (tertiary/aromatic N) is 4. The van der Waals surface area contributed by atoms with Gasteiger partial charge in [-0.2, -0.15) is 5.10 Å². The summed E-state index contributed by atoms with van der Waals surface area (Å²) >= 11 is 9.49. The lowest BCUT2D eigenvalue weighted by atomic mass is 10.2. The summed E-state index contributed by atoms with van der Waals surface area (Å²) < 4.78 is 5.13. The van der Waals surface area contributed by atoms with Crippen LogP contribution in [0.5, 0.6) is 0 Å². The van der Waals surface area contributed by atoms with Crippen molar-refractivity contribution in [3.63, 3.8) is 0 Å². The third-order valence-corrected chi connectivity index (χ3v) is 4.67. The summed E-state index contributed by atoms with van der Waals surface area (Å²) in [7, 11) is 1.95. The lowest BCUT2D eigenvalue weighted by molar-refractivity contribution is 0.750. The van der Waals surface area contributed by atoms with E-state index < -0.39 is 0 Å². The SMILES string of the molecule is Cc1cc(-n2c(CCCl)nc3c(C)nn(C)c32)ccc1Br. The summed E-state index contributed by atoms with van der Waals surface area (Å²) in [6, 6.07) is 6.29. The summed E-state index contributed by atoms with van der Waals surface area (Å²) in [5.74, 6) is 1.52. The first kappa shape index (κ1) is 14.6. The number of rotatable bonds is 3. The first-order chi connectivity index (χ1) is 10.0. The molecule has 0 fully saturated rings. The molecule has 0 N–H and O–H groups in total. The number of aromatic nitrogens is 4. The first-order valence-corrected chi connectivity index (χ1v) is 8.09. The highest BCUT2D eigenvalue weighted by Crippen LogP contribution is 2.26. The predicted molar refractivity (Wildman–Crippen MR) is 89.4 cm³/mol. The lowest BCUT2D eigenvalue weighted by Crippen LogP contribution is -2.06. The summed E-state index contributed by atoms with van der Waals surface area (Å²) in [6.45, 7) is 4.06. The van der Waals surface area contributed by atoms with Crippen molar-refractivity contribution in [2.24, 2.45) is 7.05 Å². The zero-order valence-corrected chi connectivity index (χ0v) is 14.5. The minimum atomic E-state index is 0.547. The zero-order valence-electron chi connectivity index (χ0n) is 12.2. The number of hydrogen-bond acceptors (Lipinski definition) is 2. The van der Waals surface area contributed by atoms with Gasteiger partial charge in [0.2, 0.25) is 0 Å². The van der Waals surface area contributed by atoms with Crippen molar-refractivity contribution in [2.45, 2.75) is 20.3 Å². The van der Waals surface area contributed by atoms with Crippen molar-refractivity contribution in [3.8, 4) is 5.69 Å². The van der Waals surface area contributed by atoms with E-state index in [1.54, 1.807) is 0 Å². The molecule has 110 valence electrons. The maximum absolute atomic E-state index is 5.94. The van der Waals surface area contributed by atoms with Crippen LogP contribution in [-0.4, -0.2) is 25.2 Å². The van der Waals surface area contributed by atoms with Gasteiger partial charge in [0.1, 0.15) is 11.3 Å². The van der Waals surface area contributed by atoms with E-state index in [1.807, 2.05) is 18.7 Å².